The third kappa shape index (κ3) is 6.79. The van der Waals surface area contributed by atoms with Crippen LogP contribution in [0.1, 0.15) is 43.2 Å². The van der Waals surface area contributed by atoms with Crippen LogP contribution in [-0.4, -0.2) is 62.9 Å². The van der Waals surface area contributed by atoms with Gasteiger partial charge in [0.05, 0.1) is 41.7 Å². The zero-order chi connectivity index (χ0) is 28.2. The third-order valence-corrected chi connectivity index (χ3v) is 6.19. The summed E-state index contributed by atoms with van der Waals surface area (Å²) in [6.45, 7) is 5.49. The molecule has 1 fully saturated rings. The van der Waals surface area contributed by atoms with Crippen LogP contribution in [0.5, 0.6) is 0 Å². The van der Waals surface area contributed by atoms with Crippen molar-refractivity contribution >= 4 is 35.0 Å². The van der Waals surface area contributed by atoms with Crippen molar-refractivity contribution in [1.29, 1.82) is 5.26 Å². The average Bonchev–Trinajstić information content (AvgIpc) is 3.30. The van der Waals surface area contributed by atoms with Gasteiger partial charge >= 0.3 is 6.09 Å². The van der Waals surface area contributed by atoms with Gasteiger partial charge in [-0.15, -0.1) is 0 Å². The van der Waals surface area contributed by atoms with Gasteiger partial charge in [0.1, 0.15) is 11.3 Å². The molecule has 0 unspecified atom stereocenters. The Bertz CT molecular complexity index is 1420. The number of anilines is 2. The van der Waals surface area contributed by atoms with E-state index in [2.05, 4.69) is 31.7 Å². The second kappa shape index (κ2) is 11.6. The van der Waals surface area contributed by atoms with Crippen LogP contribution in [0.4, 0.5) is 16.2 Å². The number of nitrogens with one attached hydrogen (secondary N) is 2. The maximum atomic E-state index is 13.0. The molecule has 1 saturated heterocycles. The van der Waals surface area contributed by atoms with E-state index < -0.39 is 17.6 Å². The average molecular weight is 550 g/mol. The predicted molar refractivity (Wildman–Crippen MR) is 145 cm³/mol. The van der Waals surface area contributed by atoms with E-state index in [9.17, 15) is 20.0 Å². The van der Waals surface area contributed by atoms with Crippen LogP contribution in [0, 0.1) is 11.3 Å². The van der Waals surface area contributed by atoms with Gasteiger partial charge in [0.25, 0.3) is 5.91 Å². The van der Waals surface area contributed by atoms with E-state index in [4.69, 9.17) is 16.3 Å². The minimum atomic E-state index is -0.656. The molecule has 1 aromatic carbocycles. The fourth-order valence-corrected chi connectivity index (χ4v) is 4.52. The number of alkyl carbamates (subject to hydrolysis) is 1. The Labute approximate surface area is 230 Å². The first-order valence-electron chi connectivity index (χ1n) is 12.2. The zero-order valence-corrected chi connectivity index (χ0v) is 22.4. The van der Waals surface area contributed by atoms with Gasteiger partial charge in [0.2, 0.25) is 5.28 Å². The van der Waals surface area contributed by atoms with Crippen molar-refractivity contribution < 1.29 is 19.4 Å². The highest BCUT2D eigenvalue weighted by Gasteiger charge is 2.35. The Morgan fingerprint density at radius 1 is 1.26 bits per heavy atom. The van der Waals surface area contributed by atoms with Gasteiger partial charge in [-0.1, -0.05) is 6.07 Å². The lowest BCUT2D eigenvalue weighted by Gasteiger charge is -2.28. The molecule has 2 atom stereocenters. The second-order valence-corrected chi connectivity index (χ2v) is 10.3. The van der Waals surface area contributed by atoms with E-state index in [0.29, 0.717) is 41.0 Å². The first kappa shape index (κ1) is 27.8. The number of benzene rings is 1. The Balaban J connectivity index is 1.70. The summed E-state index contributed by atoms with van der Waals surface area (Å²) in [4.78, 5) is 39.3. The number of rotatable bonds is 6. The van der Waals surface area contributed by atoms with Crippen molar-refractivity contribution in [1.82, 2.24) is 20.3 Å². The maximum absolute atomic E-state index is 13.0. The number of aromatic nitrogens is 3. The molecule has 2 amide bonds. The second-order valence-electron chi connectivity index (χ2n) is 10.00. The molecule has 4 rings (SSSR count). The van der Waals surface area contributed by atoms with E-state index in [1.807, 2.05) is 11.0 Å². The highest BCUT2D eigenvalue weighted by molar-refractivity contribution is 6.28. The molecule has 12 heteroatoms. The van der Waals surface area contributed by atoms with Crippen molar-refractivity contribution in [3.8, 4) is 17.2 Å². The van der Waals surface area contributed by atoms with Crippen LogP contribution in [0.15, 0.2) is 48.9 Å². The quantitative estimate of drug-likeness (QED) is 0.390. The molecule has 1 aliphatic rings. The van der Waals surface area contributed by atoms with Gasteiger partial charge in [0, 0.05) is 30.7 Å². The third-order valence-electron chi connectivity index (χ3n) is 6.01. The Hall–Kier alpha value is -4.27. The summed E-state index contributed by atoms with van der Waals surface area (Å²) >= 11 is 5.86. The number of pyridine rings is 1. The van der Waals surface area contributed by atoms with E-state index in [1.165, 1.54) is 12.3 Å². The number of hydrogen-bond acceptors (Lipinski definition) is 9. The Morgan fingerprint density at radius 2 is 2.05 bits per heavy atom. The summed E-state index contributed by atoms with van der Waals surface area (Å²) in [5.41, 5.74) is 2.19. The molecule has 0 bridgehead atoms. The molecule has 39 heavy (non-hydrogen) atoms. The molecule has 3 aromatic rings. The minimum absolute atomic E-state index is 0.0604. The monoisotopic (exact) mass is 549 g/mol. The molecule has 0 aliphatic carbocycles. The number of nitriles is 1. The van der Waals surface area contributed by atoms with Gasteiger partial charge < -0.3 is 25.4 Å². The smallest absolute Gasteiger partial charge is 0.407 e. The number of carbonyl (C=O) groups excluding carboxylic acids is 2. The number of aliphatic hydroxyl groups is 1. The first-order chi connectivity index (χ1) is 18.6. The van der Waals surface area contributed by atoms with Gasteiger partial charge in [-0.2, -0.15) is 5.26 Å². The number of amides is 2. The van der Waals surface area contributed by atoms with Crippen LogP contribution in [0.25, 0.3) is 11.1 Å². The SMILES string of the molecule is CC(C)(C)OC(=O)N[C@H]1C[C@@H](CO)N(c2cc(-c3cnccc3C#N)ccc2NC(=O)c2ccnc(Cl)n2)C1. The van der Waals surface area contributed by atoms with Crippen molar-refractivity contribution in [2.45, 2.75) is 44.9 Å². The lowest BCUT2D eigenvalue weighted by molar-refractivity contribution is 0.0507. The number of aliphatic hydroxyl groups excluding tert-OH is 1. The number of carbonyl (C=O) groups is 2. The Morgan fingerprint density at radius 3 is 2.74 bits per heavy atom. The lowest BCUT2D eigenvalue weighted by Crippen LogP contribution is -2.40. The van der Waals surface area contributed by atoms with E-state index in [-0.39, 0.29) is 29.7 Å². The van der Waals surface area contributed by atoms with Crippen molar-refractivity contribution in [2.24, 2.45) is 0 Å². The summed E-state index contributed by atoms with van der Waals surface area (Å²) < 4.78 is 5.40. The zero-order valence-electron chi connectivity index (χ0n) is 21.7. The molecule has 0 spiro atoms. The van der Waals surface area contributed by atoms with Crippen molar-refractivity contribution in [3.05, 3.63) is 65.5 Å². The molecule has 0 saturated carbocycles. The number of nitrogens with zero attached hydrogens (tertiary/aromatic N) is 5. The molecule has 202 valence electrons. The molecule has 3 N–H and O–H groups in total. The summed E-state index contributed by atoms with van der Waals surface area (Å²) in [5.74, 6) is -0.504. The number of halogens is 1. The summed E-state index contributed by atoms with van der Waals surface area (Å²) in [7, 11) is 0. The van der Waals surface area contributed by atoms with Crippen molar-refractivity contribution in [2.75, 3.05) is 23.4 Å². The van der Waals surface area contributed by atoms with Crippen LogP contribution in [0.2, 0.25) is 5.28 Å². The Kier molecular flexibility index (Phi) is 8.28. The van der Waals surface area contributed by atoms with Gasteiger partial charge in [-0.05, 0) is 68.6 Å². The lowest BCUT2D eigenvalue weighted by atomic mass is 10.0. The number of ether oxygens (including phenoxy) is 1. The standard InChI is InChI=1S/C27H28ClN7O4/c1-27(2,3)39-26(38)32-18-11-19(15-36)35(14-18)23-10-16(20-13-30-8-6-17(20)12-29)4-5-21(23)33-24(37)22-7-9-31-25(28)34-22/h4-10,13,18-19,36H,11,14-15H2,1-3H3,(H,32,38)(H,33,37)/t18-,19-/m0/s1. The van der Waals surface area contributed by atoms with Gasteiger partial charge in [-0.25, -0.2) is 14.8 Å². The van der Waals surface area contributed by atoms with Crippen LogP contribution in [-0.2, 0) is 4.74 Å². The highest BCUT2D eigenvalue weighted by Crippen LogP contribution is 2.37. The predicted octanol–water partition coefficient (Wildman–Crippen LogP) is 3.78. The molecule has 2 aromatic heterocycles. The minimum Gasteiger partial charge on any atom is -0.444 e. The topological polar surface area (TPSA) is 153 Å². The molecular weight excluding hydrogens is 522 g/mol. The van der Waals surface area contributed by atoms with Crippen LogP contribution < -0.4 is 15.5 Å². The van der Waals surface area contributed by atoms with Gasteiger partial charge in [0.15, 0.2) is 0 Å². The van der Waals surface area contributed by atoms with Crippen LogP contribution >= 0.6 is 11.6 Å². The largest absolute Gasteiger partial charge is 0.444 e. The van der Waals surface area contributed by atoms with E-state index >= 15 is 0 Å². The van der Waals surface area contributed by atoms with E-state index in [0.717, 1.165) is 0 Å². The molecule has 0 radical (unpaired) electrons. The fourth-order valence-electron chi connectivity index (χ4n) is 4.38. The molecular formula is C27H28ClN7O4. The summed E-state index contributed by atoms with van der Waals surface area (Å²) in [6, 6.07) is 9.85. The van der Waals surface area contributed by atoms with Gasteiger partial charge in [-0.3, -0.25) is 9.78 Å². The fraction of sp³-hybridized carbons (Fsp3) is 0.333. The highest BCUT2D eigenvalue weighted by atomic mass is 35.5. The first-order valence-corrected chi connectivity index (χ1v) is 12.6. The maximum Gasteiger partial charge on any atom is 0.407 e. The van der Waals surface area contributed by atoms with Crippen molar-refractivity contribution in [3.63, 3.8) is 0 Å². The molecule has 1 aliphatic heterocycles. The normalized spacial score (nSPS) is 16.9. The number of hydrogen-bond donors (Lipinski definition) is 3. The van der Waals surface area contributed by atoms with E-state index in [1.54, 1.807) is 51.4 Å². The summed E-state index contributed by atoms with van der Waals surface area (Å²) in [5, 5.41) is 25.5. The molecule has 3 heterocycles. The molecule has 11 nitrogen and oxygen atoms in total. The van der Waals surface area contributed by atoms with Crippen LogP contribution in [0.3, 0.4) is 0 Å². The summed E-state index contributed by atoms with van der Waals surface area (Å²) in [6.07, 6.45) is 4.42.